The number of hydrogen-bond acceptors (Lipinski definition) is 6. The zero-order chi connectivity index (χ0) is 18.7. The van der Waals surface area contributed by atoms with Crippen molar-refractivity contribution in [2.24, 2.45) is 0 Å². The van der Waals surface area contributed by atoms with Crippen molar-refractivity contribution in [2.45, 2.75) is 32.4 Å². The lowest BCUT2D eigenvalue weighted by molar-refractivity contribution is -0.191. The highest BCUT2D eigenvalue weighted by Gasteiger charge is 2.31. The van der Waals surface area contributed by atoms with Crippen LogP contribution < -0.4 is 5.32 Å². The highest BCUT2D eigenvalue weighted by atomic mass is 16.6. The number of piperidine rings is 1. The molecule has 1 aliphatic rings. The van der Waals surface area contributed by atoms with Crippen molar-refractivity contribution < 1.29 is 28.7 Å². The molecule has 0 bridgehead atoms. The minimum atomic E-state index is -0.634. The van der Waals surface area contributed by atoms with Gasteiger partial charge in [0.05, 0.1) is 6.54 Å². The van der Waals surface area contributed by atoms with E-state index in [1.54, 1.807) is 6.92 Å². The first-order valence-corrected chi connectivity index (χ1v) is 7.78. The summed E-state index contributed by atoms with van der Waals surface area (Å²) in [5.41, 5.74) is 0.903. The van der Waals surface area contributed by atoms with Gasteiger partial charge in [0, 0.05) is 19.4 Å². The number of rotatable bonds is 4. The van der Waals surface area contributed by atoms with Crippen LogP contribution in [-0.4, -0.2) is 48.0 Å². The third-order valence-electron chi connectivity index (χ3n) is 3.54. The molecule has 0 unspecified atom stereocenters. The maximum absolute atomic E-state index is 12.1. The first-order valence-electron chi connectivity index (χ1n) is 7.78. The van der Waals surface area contributed by atoms with E-state index in [0.717, 1.165) is 5.56 Å². The van der Waals surface area contributed by atoms with E-state index in [4.69, 9.17) is 14.3 Å². The van der Waals surface area contributed by atoms with E-state index in [2.05, 4.69) is 5.32 Å². The quantitative estimate of drug-likeness (QED) is 0.866. The molecule has 1 N–H and O–H groups in total. The van der Waals surface area contributed by atoms with Crippen molar-refractivity contribution in [3.63, 3.8) is 0 Å². The minimum absolute atomic E-state index is 0.0473. The molecule has 25 heavy (non-hydrogen) atoms. The highest BCUT2D eigenvalue weighted by molar-refractivity contribution is 5.90. The van der Waals surface area contributed by atoms with Crippen molar-refractivity contribution in [3.05, 3.63) is 35.9 Å². The molecule has 1 aromatic rings. The molecule has 0 saturated carbocycles. The smallest absolute Gasteiger partial charge is 0.410 e. The summed E-state index contributed by atoms with van der Waals surface area (Å²) in [4.78, 5) is 53.0. The van der Waals surface area contributed by atoms with Crippen molar-refractivity contribution in [1.29, 1.82) is 0 Å². The Bertz CT molecular complexity index is 625. The molecule has 1 saturated heterocycles. The third kappa shape index (κ3) is 6.97. The molecular weight excluding hydrogens is 328 g/mol. The van der Waals surface area contributed by atoms with Crippen molar-refractivity contribution in [2.75, 3.05) is 13.1 Å². The number of carbonyl (C=O) groups is 3. The van der Waals surface area contributed by atoms with E-state index in [9.17, 15) is 14.4 Å². The fourth-order valence-corrected chi connectivity index (χ4v) is 2.23. The predicted molar refractivity (Wildman–Crippen MR) is 85.1 cm³/mol. The summed E-state index contributed by atoms with van der Waals surface area (Å²) >= 11 is 0. The van der Waals surface area contributed by atoms with Crippen LogP contribution >= 0.6 is 0 Å². The van der Waals surface area contributed by atoms with E-state index >= 15 is 0 Å². The summed E-state index contributed by atoms with van der Waals surface area (Å²) < 4.78 is 5.25. The molecule has 2 amide bonds. The summed E-state index contributed by atoms with van der Waals surface area (Å²) in [6, 6.07) is 8.75. The molecule has 1 aromatic carbocycles. The maximum Gasteiger partial charge on any atom is 0.410 e. The lowest BCUT2D eigenvalue weighted by Gasteiger charge is -2.31. The Hall–Kier alpha value is -2.99. The standard InChI is InChI=1S/C16H20N2O4.CO2/c1-2-15(20)17-13-10-18(9-8-14(13)19)16(21)22-11-12-6-4-3-5-7-12;2-1-3/h3-7,13H,2,8-11H2,1H3,(H,17,20);/t13-;/m0./s1. The molecule has 1 aliphatic heterocycles. The first-order chi connectivity index (χ1) is 12.0. The second kappa shape index (κ2) is 10.7. The molecule has 8 nitrogen and oxygen atoms in total. The number of ether oxygens (including phenoxy) is 1. The van der Waals surface area contributed by atoms with Crippen LogP contribution in [0.25, 0.3) is 0 Å². The van der Waals surface area contributed by atoms with Gasteiger partial charge in [0.1, 0.15) is 12.6 Å². The van der Waals surface area contributed by atoms with Crippen molar-refractivity contribution in [3.8, 4) is 0 Å². The van der Waals surface area contributed by atoms with E-state index in [0.29, 0.717) is 13.0 Å². The number of likely N-dealkylation sites (tertiary alicyclic amines) is 1. The van der Waals surface area contributed by atoms with Crippen LogP contribution in [0.4, 0.5) is 4.79 Å². The number of hydrogen-bond donors (Lipinski definition) is 1. The Morgan fingerprint density at radius 3 is 2.52 bits per heavy atom. The number of ketones is 1. The summed E-state index contributed by atoms with van der Waals surface area (Å²) in [5, 5.41) is 2.64. The van der Waals surface area contributed by atoms with Crippen LogP contribution in [0.1, 0.15) is 25.3 Å². The maximum atomic E-state index is 12.1. The fraction of sp³-hybridized carbons (Fsp3) is 0.412. The topological polar surface area (TPSA) is 110 Å². The second-order valence-corrected chi connectivity index (χ2v) is 5.26. The normalized spacial score (nSPS) is 16.1. The predicted octanol–water partition coefficient (Wildman–Crippen LogP) is 0.909. The minimum Gasteiger partial charge on any atom is -0.445 e. The molecule has 0 aliphatic carbocycles. The van der Waals surface area contributed by atoms with Crippen LogP contribution in [0.3, 0.4) is 0 Å². The van der Waals surface area contributed by atoms with Crippen LogP contribution in [0.2, 0.25) is 0 Å². The molecule has 1 fully saturated rings. The van der Waals surface area contributed by atoms with Gasteiger partial charge in [0.15, 0.2) is 5.78 Å². The number of benzene rings is 1. The van der Waals surface area contributed by atoms with Crippen molar-refractivity contribution in [1.82, 2.24) is 10.2 Å². The molecule has 1 heterocycles. The fourth-order valence-electron chi connectivity index (χ4n) is 2.23. The molecule has 2 rings (SSSR count). The summed E-state index contributed by atoms with van der Waals surface area (Å²) in [6.07, 6.45) is 0.323. The SMILES string of the molecule is CCC(=O)N[C@H]1CN(C(=O)OCc2ccccc2)CCC1=O.O=C=O. The Balaban J connectivity index is 0.000000970. The largest absolute Gasteiger partial charge is 0.445 e. The molecular formula is C17H20N2O6. The third-order valence-corrected chi connectivity index (χ3v) is 3.54. The molecule has 134 valence electrons. The monoisotopic (exact) mass is 348 g/mol. The Morgan fingerprint density at radius 1 is 1.28 bits per heavy atom. The van der Waals surface area contributed by atoms with E-state index in [-0.39, 0.29) is 37.4 Å². The molecule has 8 heteroatoms. The highest BCUT2D eigenvalue weighted by Crippen LogP contribution is 2.10. The number of nitrogens with zero attached hydrogens (tertiary/aromatic N) is 1. The molecule has 1 atom stereocenters. The second-order valence-electron chi connectivity index (χ2n) is 5.26. The van der Waals surface area contributed by atoms with Gasteiger partial charge in [-0.05, 0) is 5.56 Å². The molecule has 0 aromatic heterocycles. The van der Waals surface area contributed by atoms with Gasteiger partial charge >= 0.3 is 12.2 Å². The van der Waals surface area contributed by atoms with Gasteiger partial charge in [0.25, 0.3) is 0 Å². The first kappa shape index (κ1) is 20.1. The van der Waals surface area contributed by atoms with Gasteiger partial charge in [-0.15, -0.1) is 0 Å². The number of amides is 2. The average Bonchev–Trinajstić information content (AvgIpc) is 2.63. The Kier molecular flexibility index (Phi) is 8.60. The lowest BCUT2D eigenvalue weighted by Crippen LogP contribution is -2.54. The lowest BCUT2D eigenvalue weighted by atomic mass is 10.0. The Morgan fingerprint density at radius 2 is 1.92 bits per heavy atom. The van der Waals surface area contributed by atoms with Gasteiger partial charge in [-0.3, -0.25) is 9.59 Å². The van der Waals surface area contributed by atoms with Crippen LogP contribution in [0.5, 0.6) is 0 Å². The van der Waals surface area contributed by atoms with Crippen LogP contribution in [0, 0.1) is 0 Å². The van der Waals surface area contributed by atoms with Gasteiger partial charge in [-0.2, -0.15) is 9.59 Å². The molecule has 0 spiro atoms. The Labute approximate surface area is 145 Å². The van der Waals surface area contributed by atoms with Gasteiger partial charge in [-0.1, -0.05) is 37.3 Å². The van der Waals surface area contributed by atoms with Crippen LogP contribution in [0.15, 0.2) is 30.3 Å². The summed E-state index contributed by atoms with van der Waals surface area (Å²) in [6.45, 7) is 2.40. The van der Waals surface area contributed by atoms with E-state index in [1.807, 2.05) is 30.3 Å². The van der Waals surface area contributed by atoms with Crippen molar-refractivity contribution >= 4 is 23.9 Å². The zero-order valence-corrected chi connectivity index (χ0v) is 13.9. The zero-order valence-electron chi connectivity index (χ0n) is 13.9. The number of nitrogens with one attached hydrogen (secondary N) is 1. The number of carbonyl (C=O) groups excluding carboxylic acids is 5. The van der Waals surface area contributed by atoms with E-state index in [1.165, 1.54) is 4.90 Å². The van der Waals surface area contributed by atoms with Gasteiger partial charge in [0.2, 0.25) is 5.91 Å². The number of Topliss-reactive ketones (excluding diaryl/α,β-unsaturated/α-hetero) is 1. The summed E-state index contributed by atoms with van der Waals surface area (Å²) in [5.74, 6) is -0.244. The summed E-state index contributed by atoms with van der Waals surface area (Å²) in [7, 11) is 0. The average molecular weight is 348 g/mol. The molecule has 0 radical (unpaired) electrons. The van der Waals surface area contributed by atoms with Gasteiger partial charge < -0.3 is 15.0 Å². The van der Waals surface area contributed by atoms with Crippen LogP contribution in [-0.2, 0) is 30.5 Å². The van der Waals surface area contributed by atoms with E-state index < -0.39 is 12.1 Å². The van der Waals surface area contributed by atoms with Gasteiger partial charge in [-0.25, -0.2) is 4.79 Å².